The molecule has 0 radical (unpaired) electrons. The van der Waals surface area contributed by atoms with Crippen molar-refractivity contribution in [3.05, 3.63) is 36.5 Å². The van der Waals surface area contributed by atoms with Crippen LogP contribution in [0.1, 0.15) is 418 Å². The number of phosphoric ester groups is 1. The van der Waals surface area contributed by atoms with Crippen molar-refractivity contribution in [1.82, 2.24) is 0 Å². The summed E-state index contributed by atoms with van der Waals surface area (Å²) in [7, 11) is 1.18. The molecule has 0 saturated carbocycles. The van der Waals surface area contributed by atoms with E-state index in [-0.39, 0.29) is 32.0 Å². The minimum atomic E-state index is -4.64. The molecule has 0 amide bonds. The third-order valence-electron chi connectivity index (χ3n) is 18.4. The fourth-order valence-electron chi connectivity index (χ4n) is 12.3. The summed E-state index contributed by atoms with van der Waals surface area (Å²) < 4.78 is 34.4. The fourth-order valence-corrected chi connectivity index (χ4v) is 13.0. The van der Waals surface area contributed by atoms with Crippen molar-refractivity contribution in [1.29, 1.82) is 0 Å². The van der Waals surface area contributed by atoms with Gasteiger partial charge in [0.25, 0.3) is 7.82 Å². The van der Waals surface area contributed by atoms with Crippen molar-refractivity contribution in [3.63, 3.8) is 0 Å². The Morgan fingerprint density at radius 1 is 0.341 bits per heavy atom. The molecule has 0 aromatic heterocycles. The Morgan fingerprint density at radius 3 is 0.879 bits per heavy atom. The predicted molar refractivity (Wildman–Crippen MR) is 393 cm³/mol. The summed E-state index contributed by atoms with van der Waals surface area (Å²) in [5.41, 5.74) is 0. The molecule has 0 bridgehead atoms. The number of allylic oxidation sites excluding steroid dienone is 6. The number of ether oxygens (including phenoxy) is 2. The molecule has 0 N–H and O–H groups in total. The molecule has 0 aliphatic rings. The van der Waals surface area contributed by atoms with Gasteiger partial charge in [-0.25, -0.2) is 0 Å². The maximum Gasteiger partial charge on any atom is 0.306 e. The topological polar surface area (TPSA) is 111 Å². The first-order chi connectivity index (χ1) is 44.5. The summed E-state index contributed by atoms with van der Waals surface area (Å²) in [6.45, 7) is 4.30. The van der Waals surface area contributed by atoms with Crippen LogP contribution in [0.5, 0.6) is 0 Å². The summed E-state index contributed by atoms with van der Waals surface area (Å²) in [6.07, 6.45) is 94.3. The van der Waals surface area contributed by atoms with Crippen LogP contribution in [0.2, 0.25) is 0 Å². The van der Waals surface area contributed by atoms with Gasteiger partial charge in [-0.1, -0.05) is 391 Å². The number of carbonyl (C=O) groups is 2. The number of esters is 2. The standard InChI is InChI=1S/C81H156NO8P/c1-6-8-10-12-14-16-18-20-22-24-26-28-30-32-34-35-36-37-38-39-40-41-42-43-44-45-46-48-49-51-53-55-57-59-61-63-65-67-69-71-73-80(83)87-77-79(78-89-91(85,86)88-76-75-82(3,4)5)90-81(84)74-72-70-68-66-64-62-60-58-56-54-52-50-47-33-31-29-27-25-23-21-19-17-15-13-11-9-7-2/h19,21,25,27,31,33,79H,6-18,20,22-24,26,28-30,32,34-78H2,1-5H3/b21-19-,27-25-,33-31-. The highest BCUT2D eigenvalue weighted by atomic mass is 31.2. The number of phosphoric acid groups is 1. The fraction of sp³-hybridized carbons (Fsp3) is 0.901. The average molecular weight is 1300 g/mol. The van der Waals surface area contributed by atoms with Crippen LogP contribution >= 0.6 is 7.82 Å². The van der Waals surface area contributed by atoms with Gasteiger partial charge in [0.2, 0.25) is 0 Å². The molecule has 2 atom stereocenters. The average Bonchev–Trinajstić information content (AvgIpc) is 3.74. The van der Waals surface area contributed by atoms with Gasteiger partial charge in [0, 0.05) is 12.8 Å². The smallest absolute Gasteiger partial charge is 0.306 e. The number of hydrogen-bond acceptors (Lipinski definition) is 8. The quantitative estimate of drug-likeness (QED) is 0.0195. The van der Waals surface area contributed by atoms with Gasteiger partial charge in [-0.2, -0.15) is 0 Å². The van der Waals surface area contributed by atoms with Gasteiger partial charge < -0.3 is 27.9 Å². The van der Waals surface area contributed by atoms with E-state index in [9.17, 15) is 19.0 Å². The SMILES string of the molecule is CCCCCCC/C=C\C/C=C\C/C=C\CCCCCCCCCCCCCCC(=O)OC(COC(=O)CCCCCCCCCCCCCCCCCCCCCCCCCCCCCCCCCCCCCCCCCC)COP(=O)([O-])OCC[N+](C)(C)C. The van der Waals surface area contributed by atoms with Gasteiger partial charge in [0.1, 0.15) is 19.8 Å². The Bertz CT molecular complexity index is 1630. The lowest BCUT2D eigenvalue weighted by Crippen LogP contribution is -2.37. The molecule has 9 nitrogen and oxygen atoms in total. The highest BCUT2D eigenvalue weighted by Gasteiger charge is 2.22. The van der Waals surface area contributed by atoms with Crippen LogP contribution in [-0.2, 0) is 32.7 Å². The van der Waals surface area contributed by atoms with Gasteiger partial charge in [0.05, 0.1) is 27.7 Å². The number of nitrogens with zero attached hydrogens (tertiary/aromatic N) is 1. The second-order valence-corrected chi connectivity index (χ2v) is 30.2. The van der Waals surface area contributed by atoms with E-state index < -0.39 is 26.5 Å². The molecule has 0 aromatic rings. The molecule has 10 heteroatoms. The zero-order valence-electron chi connectivity index (χ0n) is 61.6. The normalized spacial score (nSPS) is 13.2. The molecule has 0 fully saturated rings. The second kappa shape index (κ2) is 72.5. The third kappa shape index (κ3) is 77.1. The van der Waals surface area contributed by atoms with Crippen molar-refractivity contribution < 1.29 is 42.1 Å². The number of rotatable bonds is 76. The molecule has 0 saturated heterocycles. The van der Waals surface area contributed by atoms with Crippen LogP contribution in [0, 0.1) is 0 Å². The van der Waals surface area contributed by atoms with Crippen molar-refractivity contribution in [3.8, 4) is 0 Å². The highest BCUT2D eigenvalue weighted by Crippen LogP contribution is 2.38. The molecule has 2 unspecified atom stereocenters. The van der Waals surface area contributed by atoms with Crippen LogP contribution in [0.3, 0.4) is 0 Å². The molecule has 0 aliphatic heterocycles. The lowest BCUT2D eigenvalue weighted by molar-refractivity contribution is -0.870. The van der Waals surface area contributed by atoms with E-state index in [1.807, 2.05) is 21.1 Å². The molecular weight excluding hydrogens is 1150 g/mol. The van der Waals surface area contributed by atoms with E-state index in [1.54, 1.807) is 0 Å². The maximum atomic E-state index is 12.9. The number of hydrogen-bond donors (Lipinski definition) is 0. The van der Waals surface area contributed by atoms with E-state index >= 15 is 0 Å². The Balaban J connectivity index is 3.88. The first-order valence-electron chi connectivity index (χ1n) is 40.2. The van der Waals surface area contributed by atoms with Crippen LogP contribution in [0.4, 0.5) is 0 Å². The van der Waals surface area contributed by atoms with Gasteiger partial charge in [-0.15, -0.1) is 0 Å². The Hall–Kier alpha value is -1.77. The number of carbonyl (C=O) groups excluding carboxylic acids is 2. The van der Waals surface area contributed by atoms with Gasteiger partial charge in [-0.05, 0) is 51.4 Å². The Labute approximate surface area is 567 Å². The van der Waals surface area contributed by atoms with Crippen molar-refractivity contribution >= 4 is 19.8 Å². The lowest BCUT2D eigenvalue weighted by Gasteiger charge is -2.28. The molecule has 91 heavy (non-hydrogen) atoms. The minimum absolute atomic E-state index is 0.0290. The minimum Gasteiger partial charge on any atom is -0.756 e. The van der Waals surface area contributed by atoms with Crippen LogP contribution in [-0.4, -0.2) is 70.0 Å². The Kier molecular flexibility index (Phi) is 71.1. The molecule has 0 rings (SSSR count). The summed E-state index contributed by atoms with van der Waals surface area (Å²) in [4.78, 5) is 38.1. The molecule has 0 aliphatic carbocycles. The Morgan fingerprint density at radius 2 is 0.593 bits per heavy atom. The van der Waals surface area contributed by atoms with E-state index in [0.29, 0.717) is 17.4 Å². The molecular formula is C81H156NO8P. The van der Waals surface area contributed by atoms with E-state index in [1.165, 1.54) is 334 Å². The summed E-state index contributed by atoms with van der Waals surface area (Å²) in [5.74, 6) is -0.814. The largest absolute Gasteiger partial charge is 0.756 e. The van der Waals surface area contributed by atoms with Gasteiger partial charge >= 0.3 is 11.9 Å². The maximum absolute atomic E-state index is 12.9. The zero-order chi connectivity index (χ0) is 66.2. The van der Waals surface area contributed by atoms with E-state index in [2.05, 4.69) is 50.3 Å². The highest BCUT2D eigenvalue weighted by molar-refractivity contribution is 7.45. The monoisotopic (exact) mass is 1300 g/mol. The van der Waals surface area contributed by atoms with Gasteiger partial charge in [0.15, 0.2) is 6.10 Å². The van der Waals surface area contributed by atoms with E-state index in [4.69, 9.17) is 18.5 Å². The van der Waals surface area contributed by atoms with Crippen LogP contribution in [0.15, 0.2) is 36.5 Å². The molecule has 0 aromatic carbocycles. The number of quaternary nitrogens is 1. The van der Waals surface area contributed by atoms with Crippen molar-refractivity contribution in [2.75, 3.05) is 47.5 Å². The lowest BCUT2D eigenvalue weighted by atomic mass is 10.0. The predicted octanol–water partition coefficient (Wildman–Crippen LogP) is 25.9. The summed E-state index contributed by atoms with van der Waals surface area (Å²) >= 11 is 0. The zero-order valence-corrected chi connectivity index (χ0v) is 62.5. The molecule has 0 heterocycles. The van der Waals surface area contributed by atoms with Crippen LogP contribution in [0.25, 0.3) is 0 Å². The summed E-state index contributed by atoms with van der Waals surface area (Å²) in [5, 5.41) is 0. The first-order valence-corrected chi connectivity index (χ1v) is 41.7. The third-order valence-corrected chi connectivity index (χ3v) is 19.4. The van der Waals surface area contributed by atoms with E-state index in [0.717, 1.165) is 51.4 Å². The number of unbranched alkanes of at least 4 members (excludes halogenated alkanes) is 56. The summed E-state index contributed by atoms with van der Waals surface area (Å²) in [6, 6.07) is 0. The second-order valence-electron chi connectivity index (χ2n) is 28.8. The first kappa shape index (κ1) is 89.2. The molecule has 538 valence electrons. The molecule has 0 spiro atoms. The van der Waals surface area contributed by atoms with Crippen molar-refractivity contribution in [2.24, 2.45) is 0 Å². The van der Waals surface area contributed by atoms with Crippen LogP contribution < -0.4 is 4.89 Å². The van der Waals surface area contributed by atoms with Crippen molar-refractivity contribution in [2.45, 2.75) is 424 Å². The van der Waals surface area contributed by atoms with Gasteiger partial charge in [-0.3, -0.25) is 14.2 Å². The number of likely N-dealkylation sites (N-methyl/N-ethyl adjacent to an activating group) is 1.